The number of hydrogen-bond donors (Lipinski definition) is 1. The predicted octanol–water partition coefficient (Wildman–Crippen LogP) is 3.32. The summed E-state index contributed by atoms with van der Waals surface area (Å²) in [6, 6.07) is 12.8. The number of hydrogen-bond acceptors (Lipinski definition) is 3. The van der Waals surface area contributed by atoms with Crippen LogP contribution in [-0.4, -0.2) is 21.2 Å². The van der Waals surface area contributed by atoms with E-state index in [-0.39, 0.29) is 5.82 Å². The van der Waals surface area contributed by atoms with E-state index < -0.39 is 0 Å². The van der Waals surface area contributed by atoms with Crippen LogP contribution >= 0.6 is 0 Å². The van der Waals surface area contributed by atoms with Gasteiger partial charge in [0.2, 0.25) is 0 Å². The van der Waals surface area contributed by atoms with Crippen molar-refractivity contribution in [2.45, 2.75) is 6.54 Å². The second kappa shape index (κ2) is 6.39. The number of benzene rings is 2. The minimum atomic E-state index is -0.210. The zero-order chi connectivity index (χ0) is 14.5. The van der Waals surface area contributed by atoms with E-state index >= 15 is 0 Å². The molecule has 20 heavy (non-hydrogen) atoms. The third-order valence-electron chi connectivity index (χ3n) is 3.26. The van der Waals surface area contributed by atoms with Crippen LogP contribution < -0.4 is 15.0 Å². The maximum absolute atomic E-state index is 14.0. The second-order valence-electron chi connectivity index (χ2n) is 4.50. The Bertz CT molecular complexity index is 586. The smallest absolute Gasteiger partial charge is 0.142 e. The van der Waals surface area contributed by atoms with Crippen LogP contribution in [0.2, 0.25) is 0 Å². The fraction of sp³-hybridized carbons (Fsp3) is 0.250. The van der Waals surface area contributed by atoms with Crippen molar-refractivity contribution in [2.24, 2.45) is 0 Å². The Kier molecular flexibility index (Phi) is 4.58. The first-order chi connectivity index (χ1) is 9.69. The Morgan fingerprint density at radius 2 is 1.80 bits per heavy atom. The third-order valence-corrected chi connectivity index (χ3v) is 3.26. The maximum Gasteiger partial charge on any atom is 0.142 e. The predicted molar refractivity (Wildman–Crippen MR) is 80.2 cm³/mol. The van der Waals surface area contributed by atoms with Crippen LogP contribution in [0.3, 0.4) is 0 Å². The first-order valence-electron chi connectivity index (χ1n) is 6.47. The summed E-state index contributed by atoms with van der Waals surface area (Å²) in [5, 5.41) is 3.00. The molecule has 4 heteroatoms. The van der Waals surface area contributed by atoms with Crippen LogP contribution in [0, 0.1) is 5.82 Å². The number of nitrogens with one attached hydrogen (secondary N) is 1. The number of ether oxygens (including phenoxy) is 1. The Labute approximate surface area is 119 Å². The molecule has 0 saturated carbocycles. The summed E-state index contributed by atoms with van der Waals surface area (Å²) in [5.41, 5.74) is 2.37. The summed E-state index contributed by atoms with van der Waals surface area (Å²) >= 11 is 0. The monoisotopic (exact) mass is 274 g/mol. The van der Waals surface area contributed by atoms with Gasteiger partial charge in [0, 0.05) is 24.8 Å². The Hall–Kier alpha value is -2.07. The first-order valence-corrected chi connectivity index (χ1v) is 6.47. The molecule has 3 nitrogen and oxygen atoms in total. The van der Waals surface area contributed by atoms with Gasteiger partial charge in [-0.05, 0) is 31.3 Å². The minimum Gasteiger partial charge on any atom is -0.495 e. The minimum absolute atomic E-state index is 0.210. The average molecular weight is 274 g/mol. The van der Waals surface area contributed by atoms with E-state index in [1.807, 2.05) is 42.3 Å². The molecule has 1 N–H and O–H groups in total. The SMILES string of the molecule is CNCc1c(F)cccc1N(C)c1ccccc1OC. The molecule has 0 bridgehead atoms. The molecule has 0 aliphatic rings. The van der Waals surface area contributed by atoms with E-state index in [2.05, 4.69) is 5.32 Å². The highest BCUT2D eigenvalue weighted by Crippen LogP contribution is 2.34. The van der Waals surface area contributed by atoms with Crippen LogP contribution in [0.4, 0.5) is 15.8 Å². The van der Waals surface area contributed by atoms with Crippen molar-refractivity contribution >= 4 is 11.4 Å². The molecule has 0 spiro atoms. The summed E-state index contributed by atoms with van der Waals surface area (Å²) in [6.07, 6.45) is 0. The lowest BCUT2D eigenvalue weighted by Gasteiger charge is -2.24. The van der Waals surface area contributed by atoms with Crippen molar-refractivity contribution in [3.8, 4) is 5.75 Å². The molecule has 2 aromatic rings. The van der Waals surface area contributed by atoms with Crippen LogP contribution in [0.25, 0.3) is 0 Å². The Balaban J connectivity index is 2.48. The van der Waals surface area contributed by atoms with E-state index in [1.165, 1.54) is 6.07 Å². The zero-order valence-electron chi connectivity index (χ0n) is 12.0. The number of methoxy groups -OCH3 is 1. The molecule has 0 saturated heterocycles. The van der Waals surface area contributed by atoms with Gasteiger partial charge in [0.05, 0.1) is 12.8 Å². The van der Waals surface area contributed by atoms with Gasteiger partial charge in [0.15, 0.2) is 0 Å². The molecular weight excluding hydrogens is 255 g/mol. The van der Waals surface area contributed by atoms with Crippen molar-refractivity contribution in [2.75, 3.05) is 26.1 Å². The summed E-state index contributed by atoms with van der Waals surface area (Å²) in [5.74, 6) is 0.549. The molecule has 0 amide bonds. The molecule has 0 aliphatic heterocycles. The average Bonchev–Trinajstić information content (AvgIpc) is 2.48. The van der Waals surface area contributed by atoms with Crippen molar-refractivity contribution in [1.82, 2.24) is 5.32 Å². The Morgan fingerprint density at radius 1 is 1.10 bits per heavy atom. The molecule has 2 rings (SSSR count). The van der Waals surface area contributed by atoms with E-state index in [0.717, 1.165) is 17.1 Å². The fourth-order valence-electron chi connectivity index (χ4n) is 2.25. The molecule has 0 fully saturated rings. The van der Waals surface area contributed by atoms with Gasteiger partial charge < -0.3 is 15.0 Å². The normalized spacial score (nSPS) is 10.4. The molecule has 2 aromatic carbocycles. The molecule has 0 heterocycles. The summed E-state index contributed by atoms with van der Waals surface area (Å²) in [7, 11) is 5.35. The highest BCUT2D eigenvalue weighted by molar-refractivity contribution is 5.70. The number of halogens is 1. The van der Waals surface area contributed by atoms with E-state index in [9.17, 15) is 4.39 Å². The summed E-state index contributed by atoms with van der Waals surface area (Å²) < 4.78 is 19.4. The molecule has 0 atom stereocenters. The fourth-order valence-corrected chi connectivity index (χ4v) is 2.25. The van der Waals surface area contributed by atoms with Gasteiger partial charge in [0.25, 0.3) is 0 Å². The quantitative estimate of drug-likeness (QED) is 0.905. The van der Waals surface area contributed by atoms with E-state index in [4.69, 9.17) is 4.74 Å². The highest BCUT2D eigenvalue weighted by Gasteiger charge is 2.15. The summed E-state index contributed by atoms with van der Waals surface area (Å²) in [6.45, 7) is 0.474. The maximum atomic E-state index is 14.0. The standard InChI is InChI=1S/C16H19FN2O/c1-18-11-12-13(17)7-6-9-14(12)19(2)15-8-4-5-10-16(15)20-3/h4-10,18H,11H2,1-3H3. The lowest BCUT2D eigenvalue weighted by Crippen LogP contribution is -2.16. The van der Waals surface area contributed by atoms with Crippen molar-refractivity contribution in [3.05, 3.63) is 53.8 Å². The second-order valence-corrected chi connectivity index (χ2v) is 4.50. The van der Waals surface area contributed by atoms with Gasteiger partial charge in [0.1, 0.15) is 11.6 Å². The molecule has 0 aliphatic carbocycles. The van der Waals surface area contributed by atoms with Crippen LogP contribution in [0.1, 0.15) is 5.56 Å². The van der Waals surface area contributed by atoms with Gasteiger partial charge in [-0.3, -0.25) is 0 Å². The van der Waals surface area contributed by atoms with Gasteiger partial charge in [-0.2, -0.15) is 0 Å². The largest absolute Gasteiger partial charge is 0.495 e. The molecular formula is C16H19FN2O. The van der Waals surface area contributed by atoms with Gasteiger partial charge >= 0.3 is 0 Å². The Morgan fingerprint density at radius 3 is 2.50 bits per heavy atom. The number of anilines is 2. The lowest BCUT2D eigenvalue weighted by atomic mass is 10.1. The van der Waals surface area contributed by atoms with Crippen LogP contribution in [0.5, 0.6) is 5.75 Å². The van der Waals surface area contributed by atoms with Crippen molar-refractivity contribution in [1.29, 1.82) is 0 Å². The lowest BCUT2D eigenvalue weighted by molar-refractivity contribution is 0.415. The summed E-state index contributed by atoms with van der Waals surface area (Å²) in [4.78, 5) is 1.94. The van der Waals surface area contributed by atoms with Crippen molar-refractivity contribution < 1.29 is 9.13 Å². The number of nitrogens with zero attached hydrogens (tertiary/aromatic N) is 1. The molecule has 0 unspecified atom stereocenters. The topological polar surface area (TPSA) is 24.5 Å². The molecule has 0 radical (unpaired) electrons. The number of para-hydroxylation sites is 2. The first kappa shape index (κ1) is 14.3. The van der Waals surface area contributed by atoms with Crippen LogP contribution in [-0.2, 0) is 6.54 Å². The van der Waals surface area contributed by atoms with E-state index in [0.29, 0.717) is 12.1 Å². The van der Waals surface area contributed by atoms with Crippen molar-refractivity contribution in [3.63, 3.8) is 0 Å². The highest BCUT2D eigenvalue weighted by atomic mass is 19.1. The van der Waals surface area contributed by atoms with Gasteiger partial charge in [-0.15, -0.1) is 0 Å². The van der Waals surface area contributed by atoms with Gasteiger partial charge in [-0.25, -0.2) is 4.39 Å². The third kappa shape index (κ3) is 2.75. The van der Waals surface area contributed by atoms with Crippen LogP contribution in [0.15, 0.2) is 42.5 Å². The van der Waals surface area contributed by atoms with E-state index in [1.54, 1.807) is 20.2 Å². The zero-order valence-corrected chi connectivity index (χ0v) is 12.0. The van der Waals surface area contributed by atoms with Gasteiger partial charge in [-0.1, -0.05) is 18.2 Å². The molecule has 106 valence electrons. The molecule has 0 aromatic heterocycles. The number of rotatable bonds is 5.